The van der Waals surface area contributed by atoms with Crippen LogP contribution in [0, 0.1) is 0 Å². The molecule has 0 spiro atoms. The van der Waals surface area contributed by atoms with E-state index in [2.05, 4.69) is 0 Å². The molecule has 48 valence electrons. The minimum Gasteiger partial charge on any atom is -1.00 e. The molecule has 3 N–H and O–H groups in total. The Morgan fingerprint density at radius 1 is 1.11 bits per heavy atom. The standard InChI is InChI=1S/Ca.ClH.2K.H3O4P.4H/c;;;;1-5(2,3)4;;;;/h;1H;;;(H3,1,2,3,4);;;;/q+2;;2*+1;;4*-1. The second kappa shape index (κ2) is 15.4. The Kier molecular flexibility index (Phi) is 50.0. The largest absolute Gasteiger partial charge is 2.00 e. The molecule has 0 aromatic heterocycles. The molecule has 0 radical (unpaired) electrons. The van der Waals surface area contributed by atoms with E-state index in [0.717, 1.165) is 0 Å². The molecule has 4 nitrogen and oxygen atoms in total. The maximum atomic E-state index is 8.88. The molecule has 0 aliphatic rings. The van der Waals surface area contributed by atoms with E-state index in [9.17, 15) is 0 Å². The first-order chi connectivity index (χ1) is 2.00. The first kappa shape index (κ1) is 29.2. The minimum absolute atomic E-state index is 0. The third kappa shape index (κ3) is 63.5. The van der Waals surface area contributed by atoms with Crippen LogP contribution in [-0.4, -0.2) is 52.4 Å². The van der Waals surface area contributed by atoms with Crippen molar-refractivity contribution in [2.45, 2.75) is 0 Å². The van der Waals surface area contributed by atoms with E-state index in [4.69, 9.17) is 19.2 Å². The number of rotatable bonds is 0. The number of halogens is 1. The normalized spacial score (nSPS) is 6.56. The summed E-state index contributed by atoms with van der Waals surface area (Å²) < 4.78 is 8.88. The van der Waals surface area contributed by atoms with E-state index < -0.39 is 7.82 Å². The van der Waals surface area contributed by atoms with Crippen molar-refractivity contribution in [1.29, 1.82) is 0 Å². The minimum atomic E-state index is -4.64. The molecule has 9 heteroatoms. The second-order valence-electron chi connectivity index (χ2n) is 0.513. The third-order valence-corrected chi connectivity index (χ3v) is 0. The van der Waals surface area contributed by atoms with E-state index in [0.29, 0.717) is 0 Å². The maximum absolute atomic E-state index is 8.88. The van der Waals surface area contributed by atoms with Crippen LogP contribution in [0.4, 0.5) is 0 Å². The molecule has 0 saturated carbocycles. The van der Waals surface area contributed by atoms with Crippen LogP contribution < -0.4 is 103 Å². The van der Waals surface area contributed by atoms with Crippen molar-refractivity contribution >= 4 is 58.0 Å². The van der Waals surface area contributed by atoms with Gasteiger partial charge in [-0.2, -0.15) is 0 Å². The van der Waals surface area contributed by atoms with Crippen molar-refractivity contribution < 1.29 is 128 Å². The molecule has 0 rings (SSSR count). The van der Waals surface area contributed by atoms with Crippen LogP contribution in [0.15, 0.2) is 0 Å². The molecule has 0 saturated heterocycles. The molecule has 0 aromatic carbocycles. The number of hydrogen-bond donors (Lipinski definition) is 3. The van der Waals surface area contributed by atoms with Crippen LogP contribution in [-0.2, 0) is 4.57 Å². The molecule has 0 aliphatic heterocycles. The van der Waals surface area contributed by atoms with E-state index in [1.165, 1.54) is 0 Å². The summed E-state index contributed by atoms with van der Waals surface area (Å²) in [5, 5.41) is 0. The zero-order valence-corrected chi connectivity index (χ0v) is 15.5. The Morgan fingerprint density at radius 2 is 1.11 bits per heavy atom. The fourth-order valence-electron chi connectivity index (χ4n) is 0. The molecule has 9 heavy (non-hydrogen) atoms. The first-order valence-corrected chi connectivity index (χ1v) is 2.35. The average Bonchev–Trinajstić information content (AvgIpc) is 0.722. The van der Waals surface area contributed by atoms with Gasteiger partial charge in [-0.15, -0.1) is 12.4 Å². The van der Waals surface area contributed by atoms with Crippen LogP contribution in [0.5, 0.6) is 0 Å². The molecule has 0 fully saturated rings. The van der Waals surface area contributed by atoms with Gasteiger partial charge in [-0.1, -0.05) is 0 Å². The molecule has 0 atom stereocenters. The summed E-state index contributed by atoms with van der Waals surface area (Å²) in [6, 6.07) is 0. The predicted molar refractivity (Wildman–Crippen MR) is 31.7 cm³/mol. The molecule has 0 bridgehead atoms. The summed E-state index contributed by atoms with van der Waals surface area (Å²) >= 11 is 0. The predicted octanol–water partition coefficient (Wildman–Crippen LogP) is -6.43. The maximum Gasteiger partial charge on any atom is 2.00 e. The number of phosphoric acid groups is 1. The van der Waals surface area contributed by atoms with Gasteiger partial charge in [0.2, 0.25) is 0 Å². The van der Waals surface area contributed by atoms with Gasteiger partial charge in [0.1, 0.15) is 0 Å². The van der Waals surface area contributed by atoms with Crippen LogP contribution in [0.2, 0.25) is 0 Å². The molecule has 0 aromatic rings. The van der Waals surface area contributed by atoms with Crippen molar-refractivity contribution in [3.05, 3.63) is 0 Å². The van der Waals surface area contributed by atoms with Crippen molar-refractivity contribution in [2.24, 2.45) is 0 Å². The van der Waals surface area contributed by atoms with Gasteiger partial charge in [0.05, 0.1) is 0 Å². The van der Waals surface area contributed by atoms with Crippen molar-refractivity contribution in [2.75, 3.05) is 0 Å². The Hall–Kier alpha value is 4.93. The van der Waals surface area contributed by atoms with Crippen molar-refractivity contribution in [3.63, 3.8) is 0 Å². The summed E-state index contributed by atoms with van der Waals surface area (Å²) in [6.45, 7) is 0. The molecule has 0 aliphatic carbocycles. The summed E-state index contributed by atoms with van der Waals surface area (Å²) in [6.07, 6.45) is 0. The van der Waals surface area contributed by atoms with Crippen LogP contribution in [0.25, 0.3) is 0 Å². The zero-order chi connectivity index (χ0) is 4.50. The van der Waals surface area contributed by atoms with Crippen LogP contribution in [0.3, 0.4) is 0 Å². The van der Waals surface area contributed by atoms with E-state index in [1.807, 2.05) is 0 Å². The molecule has 0 unspecified atom stereocenters. The first-order valence-electron chi connectivity index (χ1n) is 0.783. The van der Waals surface area contributed by atoms with Crippen molar-refractivity contribution in [3.8, 4) is 0 Å². The smallest absolute Gasteiger partial charge is 1.00 e. The monoisotopic (exact) mass is 256 g/mol. The van der Waals surface area contributed by atoms with Gasteiger partial charge < -0.3 is 20.4 Å². The molecule has 0 amide bonds. The summed E-state index contributed by atoms with van der Waals surface area (Å²) in [5.41, 5.74) is 0. The van der Waals surface area contributed by atoms with Gasteiger partial charge in [0.25, 0.3) is 0 Å². The number of hydrogen-bond acceptors (Lipinski definition) is 1. The fourth-order valence-corrected chi connectivity index (χ4v) is 0. The van der Waals surface area contributed by atoms with Crippen molar-refractivity contribution in [1.82, 2.24) is 0 Å². The topological polar surface area (TPSA) is 77.8 Å². The second-order valence-corrected chi connectivity index (χ2v) is 1.54. The third-order valence-electron chi connectivity index (χ3n) is 0. The van der Waals surface area contributed by atoms with E-state index >= 15 is 0 Å². The van der Waals surface area contributed by atoms with E-state index in [1.54, 1.807) is 0 Å². The molecular formula is H8CaClK2O4P. The Morgan fingerprint density at radius 3 is 1.11 bits per heavy atom. The van der Waals surface area contributed by atoms with Gasteiger partial charge in [-0.25, -0.2) is 4.57 Å². The average molecular weight is 257 g/mol. The van der Waals surface area contributed by atoms with Gasteiger partial charge in [-0.05, 0) is 0 Å². The summed E-state index contributed by atoms with van der Waals surface area (Å²) in [7, 11) is -4.64. The van der Waals surface area contributed by atoms with Gasteiger partial charge in [0, 0.05) is 0 Å². The van der Waals surface area contributed by atoms with Crippen LogP contribution >= 0.6 is 20.2 Å². The van der Waals surface area contributed by atoms with Gasteiger partial charge >= 0.3 is 148 Å². The fraction of sp³-hybridized carbons (Fsp3) is 0. The van der Waals surface area contributed by atoms with Gasteiger partial charge in [-0.3, -0.25) is 0 Å². The quantitative estimate of drug-likeness (QED) is 0.298. The van der Waals surface area contributed by atoms with E-state index in [-0.39, 0.29) is 159 Å². The Bertz CT molecular complexity index is 76.3. The SMILES string of the molecule is Cl.O=P(O)(O)O.[Ca+2].[H-].[H-].[H-].[H-].[K+].[K+]. The Balaban J connectivity index is -0.00000000286. The summed E-state index contributed by atoms with van der Waals surface area (Å²) in [5.74, 6) is 0. The molecule has 0 heterocycles. The Labute approximate surface area is 180 Å². The molecular weight excluding hydrogens is 249 g/mol. The summed E-state index contributed by atoms with van der Waals surface area (Å²) in [4.78, 5) is 21.6. The zero-order valence-electron chi connectivity index (χ0n) is 9.31. The van der Waals surface area contributed by atoms with Gasteiger partial charge in [0.15, 0.2) is 0 Å². The van der Waals surface area contributed by atoms with Crippen LogP contribution in [0.1, 0.15) is 5.71 Å².